The molecule has 1 amide bonds. The minimum atomic E-state index is -0.610. The van der Waals surface area contributed by atoms with Crippen LogP contribution in [0.3, 0.4) is 0 Å². The van der Waals surface area contributed by atoms with Crippen LogP contribution in [0.2, 0.25) is 0 Å². The van der Waals surface area contributed by atoms with Crippen molar-refractivity contribution in [3.63, 3.8) is 0 Å². The van der Waals surface area contributed by atoms with E-state index in [0.717, 1.165) is 16.0 Å². The third kappa shape index (κ3) is 2.98. The summed E-state index contributed by atoms with van der Waals surface area (Å²) in [5.41, 5.74) is 6.11. The number of hydrogen-bond acceptors (Lipinski definition) is 4. The molecule has 0 saturated carbocycles. The first-order chi connectivity index (χ1) is 9.10. The summed E-state index contributed by atoms with van der Waals surface area (Å²) in [5, 5.41) is 4.10. The van der Waals surface area contributed by atoms with E-state index in [2.05, 4.69) is 5.10 Å². The van der Waals surface area contributed by atoms with E-state index in [1.165, 1.54) is 6.07 Å². The first kappa shape index (κ1) is 12.8. The predicted octanol–water partition coefficient (Wildman–Crippen LogP) is 0.404. The standard InChI is InChI=1S/C13H13N3O3/c1-19-10-4-2-9(3-5-10)11-6-7-13(18)16(15-11)8-12(14)17/h2-7H,8H2,1H3,(H2,14,17). The molecule has 1 aromatic heterocycles. The molecule has 6 heteroatoms. The average molecular weight is 259 g/mol. The maximum atomic E-state index is 11.5. The molecule has 2 N–H and O–H groups in total. The quantitative estimate of drug-likeness (QED) is 0.861. The summed E-state index contributed by atoms with van der Waals surface area (Å²) in [7, 11) is 1.58. The first-order valence-corrected chi connectivity index (χ1v) is 5.61. The van der Waals surface area contributed by atoms with Crippen LogP contribution < -0.4 is 16.0 Å². The van der Waals surface area contributed by atoms with Crippen molar-refractivity contribution in [2.75, 3.05) is 7.11 Å². The molecule has 0 bridgehead atoms. The highest BCUT2D eigenvalue weighted by atomic mass is 16.5. The number of carbonyl (C=O) groups excluding carboxylic acids is 1. The normalized spacial score (nSPS) is 10.2. The van der Waals surface area contributed by atoms with Crippen molar-refractivity contribution in [3.05, 3.63) is 46.8 Å². The second kappa shape index (κ2) is 5.34. The predicted molar refractivity (Wildman–Crippen MR) is 69.7 cm³/mol. The van der Waals surface area contributed by atoms with Gasteiger partial charge >= 0.3 is 0 Å². The molecule has 98 valence electrons. The monoisotopic (exact) mass is 259 g/mol. The Kier molecular flexibility index (Phi) is 3.61. The third-order valence-corrected chi connectivity index (χ3v) is 2.56. The van der Waals surface area contributed by atoms with E-state index >= 15 is 0 Å². The first-order valence-electron chi connectivity index (χ1n) is 5.61. The van der Waals surface area contributed by atoms with Crippen molar-refractivity contribution in [2.45, 2.75) is 6.54 Å². The molecule has 6 nitrogen and oxygen atoms in total. The van der Waals surface area contributed by atoms with Crippen LogP contribution in [0.15, 0.2) is 41.2 Å². The van der Waals surface area contributed by atoms with Gasteiger partial charge in [-0.05, 0) is 30.3 Å². The number of nitrogens with two attached hydrogens (primary N) is 1. The lowest BCUT2D eigenvalue weighted by Crippen LogP contribution is -2.29. The number of rotatable bonds is 4. The van der Waals surface area contributed by atoms with Crippen LogP contribution in [0.1, 0.15) is 0 Å². The van der Waals surface area contributed by atoms with E-state index in [4.69, 9.17) is 10.5 Å². The minimum Gasteiger partial charge on any atom is -0.497 e. The SMILES string of the molecule is COc1ccc(-c2ccc(=O)n(CC(N)=O)n2)cc1. The number of nitrogens with zero attached hydrogens (tertiary/aromatic N) is 2. The number of hydrogen-bond donors (Lipinski definition) is 1. The Morgan fingerprint density at radius 3 is 2.53 bits per heavy atom. The Balaban J connectivity index is 2.39. The smallest absolute Gasteiger partial charge is 0.267 e. The molecule has 2 aromatic rings. The fourth-order valence-electron chi connectivity index (χ4n) is 1.63. The zero-order valence-corrected chi connectivity index (χ0v) is 10.4. The van der Waals surface area contributed by atoms with Gasteiger partial charge in [0.1, 0.15) is 12.3 Å². The zero-order chi connectivity index (χ0) is 13.8. The molecule has 0 atom stereocenters. The maximum Gasteiger partial charge on any atom is 0.267 e. The van der Waals surface area contributed by atoms with Crippen LogP contribution in [-0.2, 0) is 11.3 Å². The van der Waals surface area contributed by atoms with Crippen molar-refractivity contribution in [1.82, 2.24) is 9.78 Å². The van der Waals surface area contributed by atoms with Crippen LogP contribution in [0.25, 0.3) is 11.3 Å². The van der Waals surface area contributed by atoms with E-state index in [1.807, 2.05) is 12.1 Å². The van der Waals surface area contributed by atoms with Gasteiger partial charge < -0.3 is 10.5 Å². The lowest BCUT2D eigenvalue weighted by Gasteiger charge is -2.06. The number of carbonyl (C=O) groups is 1. The van der Waals surface area contributed by atoms with Crippen molar-refractivity contribution in [3.8, 4) is 17.0 Å². The molecule has 0 aliphatic carbocycles. The number of benzene rings is 1. The van der Waals surface area contributed by atoms with Gasteiger partial charge in [-0.25, -0.2) is 4.68 Å². The highest BCUT2D eigenvalue weighted by molar-refractivity contribution is 5.73. The summed E-state index contributed by atoms with van der Waals surface area (Å²) in [6.07, 6.45) is 0. The van der Waals surface area contributed by atoms with E-state index in [9.17, 15) is 9.59 Å². The molecule has 19 heavy (non-hydrogen) atoms. The number of primary amides is 1. The van der Waals surface area contributed by atoms with Gasteiger partial charge in [0.05, 0.1) is 12.8 Å². The number of methoxy groups -OCH3 is 1. The Hall–Kier alpha value is -2.63. The van der Waals surface area contributed by atoms with Gasteiger partial charge in [0.2, 0.25) is 5.91 Å². The summed E-state index contributed by atoms with van der Waals surface area (Å²) in [6.45, 7) is -0.233. The van der Waals surface area contributed by atoms with Gasteiger partial charge in [0.25, 0.3) is 5.56 Å². The van der Waals surface area contributed by atoms with Gasteiger partial charge in [0, 0.05) is 11.6 Å². The van der Waals surface area contributed by atoms with Gasteiger partial charge in [0.15, 0.2) is 0 Å². The highest BCUT2D eigenvalue weighted by Gasteiger charge is 2.05. The summed E-state index contributed by atoms with van der Waals surface area (Å²) in [6, 6.07) is 10.2. The van der Waals surface area contributed by atoms with Crippen molar-refractivity contribution >= 4 is 5.91 Å². The van der Waals surface area contributed by atoms with E-state index in [-0.39, 0.29) is 12.1 Å². The Labute approximate surface area is 109 Å². The van der Waals surface area contributed by atoms with Crippen molar-refractivity contribution in [1.29, 1.82) is 0 Å². The molecule has 1 aromatic carbocycles. The Bertz CT molecular complexity index is 647. The lowest BCUT2D eigenvalue weighted by atomic mass is 10.1. The topological polar surface area (TPSA) is 87.2 Å². The van der Waals surface area contributed by atoms with E-state index in [1.54, 1.807) is 25.3 Å². The summed E-state index contributed by atoms with van der Waals surface area (Å²) in [4.78, 5) is 22.4. The zero-order valence-electron chi connectivity index (χ0n) is 10.4. The van der Waals surface area contributed by atoms with Crippen LogP contribution >= 0.6 is 0 Å². The Morgan fingerprint density at radius 2 is 1.95 bits per heavy atom. The fourth-order valence-corrected chi connectivity index (χ4v) is 1.63. The molecule has 0 aliphatic rings. The second-order valence-electron chi connectivity index (χ2n) is 3.91. The average Bonchev–Trinajstić information content (AvgIpc) is 2.41. The second-order valence-corrected chi connectivity index (χ2v) is 3.91. The third-order valence-electron chi connectivity index (χ3n) is 2.56. The van der Waals surface area contributed by atoms with Gasteiger partial charge in [-0.15, -0.1) is 0 Å². The molecule has 1 heterocycles. The molecular weight excluding hydrogens is 246 g/mol. The van der Waals surface area contributed by atoms with Crippen LogP contribution in [-0.4, -0.2) is 22.8 Å². The summed E-state index contributed by atoms with van der Waals surface area (Å²) < 4.78 is 6.11. The van der Waals surface area contributed by atoms with E-state index < -0.39 is 5.91 Å². The minimum absolute atomic E-state index is 0.233. The van der Waals surface area contributed by atoms with Crippen LogP contribution in [0, 0.1) is 0 Å². The molecular formula is C13H13N3O3. The van der Waals surface area contributed by atoms with Crippen molar-refractivity contribution in [2.24, 2.45) is 5.73 Å². The maximum absolute atomic E-state index is 11.5. The van der Waals surface area contributed by atoms with Crippen LogP contribution in [0.5, 0.6) is 5.75 Å². The highest BCUT2D eigenvalue weighted by Crippen LogP contribution is 2.19. The fraction of sp³-hybridized carbons (Fsp3) is 0.154. The molecule has 0 fully saturated rings. The molecule has 2 rings (SSSR count). The number of amides is 1. The van der Waals surface area contributed by atoms with E-state index in [0.29, 0.717) is 5.69 Å². The summed E-state index contributed by atoms with van der Waals surface area (Å²) >= 11 is 0. The molecule has 0 radical (unpaired) electrons. The van der Waals surface area contributed by atoms with Gasteiger partial charge in [-0.3, -0.25) is 9.59 Å². The molecule has 0 saturated heterocycles. The largest absolute Gasteiger partial charge is 0.497 e. The van der Waals surface area contributed by atoms with Gasteiger partial charge in [-0.1, -0.05) is 0 Å². The molecule has 0 spiro atoms. The van der Waals surface area contributed by atoms with Crippen molar-refractivity contribution < 1.29 is 9.53 Å². The lowest BCUT2D eigenvalue weighted by molar-refractivity contribution is -0.118. The Morgan fingerprint density at radius 1 is 1.26 bits per heavy atom. The number of aromatic nitrogens is 2. The number of ether oxygens (including phenoxy) is 1. The van der Waals surface area contributed by atoms with Crippen LogP contribution in [0.4, 0.5) is 0 Å². The molecule has 0 unspecified atom stereocenters. The van der Waals surface area contributed by atoms with Gasteiger partial charge in [-0.2, -0.15) is 5.10 Å². The summed E-state index contributed by atoms with van der Waals surface area (Å²) in [5.74, 6) is 0.121. The molecule has 0 aliphatic heterocycles.